The number of benzene rings is 2. The molecule has 3 N–H and O–H groups in total. The van der Waals surface area contributed by atoms with Gasteiger partial charge in [0.1, 0.15) is 11.6 Å². The number of nitrogens with two attached hydrogens (primary N) is 1. The quantitative estimate of drug-likeness (QED) is 0.677. The van der Waals surface area contributed by atoms with Crippen LogP contribution >= 0.6 is 0 Å². The van der Waals surface area contributed by atoms with E-state index in [2.05, 4.69) is 15.2 Å². The highest BCUT2D eigenvalue weighted by Crippen LogP contribution is 2.32. The minimum absolute atomic E-state index is 0.476. The smallest absolute Gasteiger partial charge is 0.184 e. The van der Waals surface area contributed by atoms with Crippen LogP contribution in [0.4, 0.5) is 0 Å². The predicted octanol–water partition coefficient (Wildman–Crippen LogP) is 2.94. The van der Waals surface area contributed by atoms with Crippen molar-refractivity contribution in [1.29, 1.82) is 0 Å². The lowest BCUT2D eigenvalue weighted by atomic mass is 10.1. The first-order valence-electron chi connectivity index (χ1n) is 8.30. The van der Waals surface area contributed by atoms with E-state index in [1.165, 1.54) is 0 Å². The summed E-state index contributed by atoms with van der Waals surface area (Å²) in [5, 5.41) is 7.20. The molecule has 0 saturated carbocycles. The molecule has 0 fully saturated rings. The molecule has 26 heavy (non-hydrogen) atoms. The molecule has 3 rings (SSSR count). The molecule has 0 aliphatic heterocycles. The minimum Gasteiger partial charge on any atom is -0.496 e. The van der Waals surface area contributed by atoms with E-state index in [-0.39, 0.29) is 0 Å². The van der Waals surface area contributed by atoms with Gasteiger partial charge in [-0.05, 0) is 36.8 Å². The van der Waals surface area contributed by atoms with Crippen molar-refractivity contribution in [3.63, 3.8) is 0 Å². The second-order valence-corrected chi connectivity index (χ2v) is 5.57. The lowest BCUT2D eigenvalue weighted by Crippen LogP contribution is -2.14. The minimum atomic E-state index is -0.476. The first-order valence-corrected chi connectivity index (χ1v) is 8.30. The van der Waals surface area contributed by atoms with Gasteiger partial charge < -0.3 is 19.9 Å². The average Bonchev–Trinajstić information content (AvgIpc) is 3.17. The van der Waals surface area contributed by atoms with Crippen LogP contribution in [-0.4, -0.2) is 36.0 Å². The van der Waals surface area contributed by atoms with Gasteiger partial charge in [0.05, 0.1) is 32.4 Å². The van der Waals surface area contributed by atoms with E-state index in [0.717, 1.165) is 11.1 Å². The summed E-state index contributed by atoms with van der Waals surface area (Å²) in [5.74, 6) is 3.10. The van der Waals surface area contributed by atoms with Crippen LogP contribution in [0.5, 0.6) is 17.2 Å². The first kappa shape index (κ1) is 17.8. The maximum atomic E-state index is 6.37. The summed E-state index contributed by atoms with van der Waals surface area (Å²) in [6, 6.07) is 12.7. The van der Waals surface area contributed by atoms with Gasteiger partial charge in [-0.25, -0.2) is 4.98 Å². The zero-order valence-electron chi connectivity index (χ0n) is 15.0. The van der Waals surface area contributed by atoms with Gasteiger partial charge in [-0.1, -0.05) is 18.2 Å². The number of aromatic amines is 1. The summed E-state index contributed by atoms with van der Waals surface area (Å²) < 4.78 is 16.3. The van der Waals surface area contributed by atoms with Crippen molar-refractivity contribution < 1.29 is 14.2 Å². The molecule has 0 bridgehead atoms. The number of nitrogens with zero attached hydrogens (tertiary/aromatic N) is 2. The lowest BCUT2D eigenvalue weighted by Gasteiger charge is -2.14. The molecule has 1 heterocycles. The molecule has 0 spiro atoms. The third-order valence-corrected chi connectivity index (χ3v) is 3.99. The Bertz CT molecular complexity index is 879. The monoisotopic (exact) mass is 354 g/mol. The van der Waals surface area contributed by atoms with Crippen LogP contribution in [0.3, 0.4) is 0 Å². The average molecular weight is 354 g/mol. The molecule has 0 radical (unpaired) electrons. The fourth-order valence-corrected chi connectivity index (χ4v) is 2.68. The van der Waals surface area contributed by atoms with E-state index in [4.69, 9.17) is 19.9 Å². The van der Waals surface area contributed by atoms with Crippen LogP contribution in [0.15, 0.2) is 42.5 Å². The van der Waals surface area contributed by atoms with Crippen LogP contribution in [0.2, 0.25) is 0 Å². The van der Waals surface area contributed by atoms with E-state index in [1.807, 2.05) is 49.4 Å². The third kappa shape index (κ3) is 3.48. The van der Waals surface area contributed by atoms with Crippen molar-refractivity contribution in [3.8, 4) is 28.6 Å². The number of ether oxygens (including phenoxy) is 3. The third-order valence-electron chi connectivity index (χ3n) is 3.99. The molecular weight excluding hydrogens is 332 g/mol. The molecule has 7 nitrogen and oxygen atoms in total. The maximum absolute atomic E-state index is 6.37. The van der Waals surface area contributed by atoms with E-state index in [1.54, 1.807) is 14.2 Å². The Hall–Kier alpha value is -3.06. The molecule has 0 amide bonds. The summed E-state index contributed by atoms with van der Waals surface area (Å²) in [4.78, 5) is 4.54. The van der Waals surface area contributed by atoms with E-state index < -0.39 is 6.04 Å². The second kappa shape index (κ2) is 7.88. The predicted molar refractivity (Wildman–Crippen MR) is 98.6 cm³/mol. The van der Waals surface area contributed by atoms with Crippen LogP contribution in [0.1, 0.15) is 24.4 Å². The van der Waals surface area contributed by atoms with Gasteiger partial charge in [0.25, 0.3) is 0 Å². The SMILES string of the molecule is CCOc1cc([C@H](N)c2nc(-c3ccccc3OC)n[nH]2)ccc1OC. The number of para-hydroxylation sites is 1. The van der Waals surface area contributed by atoms with Gasteiger partial charge in [-0.15, -0.1) is 0 Å². The molecule has 136 valence electrons. The number of rotatable bonds is 7. The van der Waals surface area contributed by atoms with Crippen molar-refractivity contribution in [2.75, 3.05) is 20.8 Å². The largest absolute Gasteiger partial charge is 0.496 e. The molecule has 2 aromatic carbocycles. The molecule has 1 atom stereocenters. The normalized spacial score (nSPS) is 11.8. The lowest BCUT2D eigenvalue weighted by molar-refractivity contribution is 0.310. The van der Waals surface area contributed by atoms with Gasteiger partial charge in [-0.2, -0.15) is 5.10 Å². The van der Waals surface area contributed by atoms with Gasteiger partial charge in [0.15, 0.2) is 17.3 Å². The zero-order chi connectivity index (χ0) is 18.5. The Morgan fingerprint density at radius 1 is 1.04 bits per heavy atom. The van der Waals surface area contributed by atoms with E-state index in [9.17, 15) is 0 Å². The van der Waals surface area contributed by atoms with Gasteiger partial charge in [-0.3, -0.25) is 5.10 Å². The van der Waals surface area contributed by atoms with Gasteiger partial charge in [0, 0.05) is 0 Å². The molecule has 0 aliphatic carbocycles. The van der Waals surface area contributed by atoms with Crippen molar-refractivity contribution in [2.45, 2.75) is 13.0 Å². The van der Waals surface area contributed by atoms with Crippen molar-refractivity contribution in [3.05, 3.63) is 53.9 Å². The highest BCUT2D eigenvalue weighted by atomic mass is 16.5. The number of H-pyrrole nitrogens is 1. The fraction of sp³-hybridized carbons (Fsp3) is 0.263. The van der Waals surface area contributed by atoms with Gasteiger partial charge in [0.2, 0.25) is 0 Å². The highest BCUT2D eigenvalue weighted by Gasteiger charge is 2.18. The summed E-state index contributed by atoms with van der Waals surface area (Å²) in [5.41, 5.74) is 8.02. The summed E-state index contributed by atoms with van der Waals surface area (Å²) in [6.45, 7) is 2.46. The Morgan fingerprint density at radius 3 is 2.54 bits per heavy atom. The Labute approximate surface area is 152 Å². The molecule has 3 aromatic rings. The number of nitrogens with one attached hydrogen (secondary N) is 1. The number of hydrogen-bond acceptors (Lipinski definition) is 6. The number of methoxy groups -OCH3 is 2. The van der Waals surface area contributed by atoms with E-state index >= 15 is 0 Å². The van der Waals surface area contributed by atoms with Crippen molar-refractivity contribution in [1.82, 2.24) is 15.2 Å². The molecule has 7 heteroatoms. The standard InChI is InChI=1S/C19H22N4O3/c1-4-26-16-11-12(9-10-15(16)25-3)17(20)19-21-18(22-23-19)13-7-5-6-8-14(13)24-2/h5-11,17H,4,20H2,1-3H3,(H,21,22,23)/t17-/m0/s1. The summed E-state index contributed by atoms with van der Waals surface area (Å²) in [6.07, 6.45) is 0. The highest BCUT2D eigenvalue weighted by molar-refractivity contribution is 5.63. The van der Waals surface area contributed by atoms with Crippen molar-refractivity contribution >= 4 is 0 Å². The van der Waals surface area contributed by atoms with Crippen LogP contribution in [0, 0.1) is 0 Å². The van der Waals surface area contributed by atoms with Crippen molar-refractivity contribution in [2.24, 2.45) is 5.73 Å². The number of aromatic nitrogens is 3. The molecular formula is C19H22N4O3. The first-order chi connectivity index (χ1) is 12.7. The van der Waals surface area contributed by atoms with Crippen LogP contribution < -0.4 is 19.9 Å². The number of hydrogen-bond donors (Lipinski definition) is 2. The molecule has 0 aliphatic rings. The maximum Gasteiger partial charge on any atom is 0.184 e. The second-order valence-electron chi connectivity index (χ2n) is 5.57. The molecule has 0 saturated heterocycles. The zero-order valence-corrected chi connectivity index (χ0v) is 15.0. The Kier molecular flexibility index (Phi) is 5.38. The van der Waals surface area contributed by atoms with Crippen LogP contribution in [0.25, 0.3) is 11.4 Å². The summed E-state index contributed by atoms with van der Waals surface area (Å²) in [7, 11) is 3.22. The fourth-order valence-electron chi connectivity index (χ4n) is 2.68. The van der Waals surface area contributed by atoms with Crippen LogP contribution in [-0.2, 0) is 0 Å². The van der Waals surface area contributed by atoms with Gasteiger partial charge >= 0.3 is 0 Å². The topological polar surface area (TPSA) is 95.3 Å². The molecule has 1 aromatic heterocycles. The van der Waals surface area contributed by atoms with E-state index in [0.29, 0.717) is 35.5 Å². The summed E-state index contributed by atoms with van der Waals surface area (Å²) >= 11 is 0. The Morgan fingerprint density at radius 2 is 1.81 bits per heavy atom. The Balaban J connectivity index is 1.91. The molecule has 0 unspecified atom stereocenters.